The molecule has 0 amide bonds. The Kier molecular flexibility index (Phi) is 4.91. The highest BCUT2D eigenvalue weighted by Gasteiger charge is 2.34. The summed E-state index contributed by atoms with van der Waals surface area (Å²) in [6, 6.07) is 11.4. The molecular formula is C22H30N4S. The van der Waals surface area contributed by atoms with E-state index in [1.54, 1.807) is 0 Å². The van der Waals surface area contributed by atoms with Gasteiger partial charge in [-0.15, -0.1) is 0 Å². The topological polar surface area (TPSA) is 26.0 Å². The van der Waals surface area contributed by atoms with Crippen LogP contribution in [0.25, 0.3) is 0 Å². The van der Waals surface area contributed by atoms with Gasteiger partial charge in [-0.3, -0.25) is 9.47 Å². The van der Waals surface area contributed by atoms with Crippen LogP contribution in [-0.4, -0.2) is 31.8 Å². The van der Waals surface area contributed by atoms with Gasteiger partial charge >= 0.3 is 0 Å². The van der Waals surface area contributed by atoms with Crippen LogP contribution in [0, 0.1) is 10.7 Å². The second-order valence-corrected chi connectivity index (χ2v) is 9.06. The Morgan fingerprint density at radius 1 is 0.963 bits per heavy atom. The number of aromatic nitrogens is 3. The number of rotatable bonds is 5. The highest BCUT2D eigenvalue weighted by molar-refractivity contribution is 7.71. The van der Waals surface area contributed by atoms with Crippen molar-refractivity contribution in [1.29, 1.82) is 0 Å². The standard InChI is InChI=1S/C22H30N4S/c27-22-25(15-17-7-2-1-3-8-17)21(19-12-13-19)23-26(22)16-24-14-6-10-18-9-4-5-11-20(18)24/h1-3,7-8,18-20H,4-6,9-16H2/t18-,20-/m0/s1. The lowest BCUT2D eigenvalue weighted by Crippen LogP contribution is -2.47. The number of likely N-dealkylation sites (tertiary alicyclic amines) is 1. The zero-order valence-corrected chi connectivity index (χ0v) is 16.9. The van der Waals surface area contributed by atoms with Gasteiger partial charge < -0.3 is 0 Å². The third-order valence-electron chi connectivity index (χ3n) is 6.75. The van der Waals surface area contributed by atoms with Crippen LogP contribution in [0.2, 0.25) is 0 Å². The van der Waals surface area contributed by atoms with Crippen molar-refractivity contribution >= 4 is 12.2 Å². The summed E-state index contributed by atoms with van der Waals surface area (Å²) in [6.07, 6.45) is 10.9. The number of hydrogen-bond acceptors (Lipinski definition) is 3. The Morgan fingerprint density at radius 2 is 1.74 bits per heavy atom. The predicted octanol–water partition coefficient (Wildman–Crippen LogP) is 4.95. The van der Waals surface area contributed by atoms with E-state index in [1.807, 2.05) is 0 Å². The first kappa shape index (κ1) is 17.6. The lowest BCUT2D eigenvalue weighted by molar-refractivity contribution is 0.0322. The van der Waals surface area contributed by atoms with E-state index in [4.69, 9.17) is 17.3 Å². The summed E-state index contributed by atoms with van der Waals surface area (Å²) in [5.74, 6) is 2.72. The van der Waals surface area contributed by atoms with Gasteiger partial charge in [0.25, 0.3) is 0 Å². The minimum atomic E-state index is 0.612. The van der Waals surface area contributed by atoms with Crippen molar-refractivity contribution in [2.24, 2.45) is 5.92 Å². The molecule has 2 saturated carbocycles. The fourth-order valence-corrected chi connectivity index (χ4v) is 5.44. The number of nitrogens with zero attached hydrogens (tertiary/aromatic N) is 4. The number of fused-ring (bicyclic) bond motifs is 1. The molecule has 1 aliphatic heterocycles. The molecule has 144 valence electrons. The maximum Gasteiger partial charge on any atom is 0.199 e. The molecule has 5 rings (SSSR count). The van der Waals surface area contributed by atoms with E-state index >= 15 is 0 Å². The molecule has 2 atom stereocenters. The molecule has 3 fully saturated rings. The Labute approximate surface area is 167 Å². The van der Waals surface area contributed by atoms with Gasteiger partial charge in [-0.25, -0.2) is 4.68 Å². The second kappa shape index (κ2) is 7.51. The summed E-state index contributed by atoms with van der Waals surface area (Å²) in [4.78, 5) is 2.68. The van der Waals surface area contributed by atoms with Crippen molar-refractivity contribution in [2.75, 3.05) is 6.54 Å². The zero-order chi connectivity index (χ0) is 18.2. The Morgan fingerprint density at radius 3 is 2.56 bits per heavy atom. The molecule has 0 bridgehead atoms. The molecule has 0 radical (unpaired) electrons. The van der Waals surface area contributed by atoms with Gasteiger partial charge in [0.15, 0.2) is 4.77 Å². The van der Waals surface area contributed by atoms with Crippen LogP contribution in [0.3, 0.4) is 0 Å². The summed E-state index contributed by atoms with van der Waals surface area (Å²) in [5.41, 5.74) is 1.31. The van der Waals surface area contributed by atoms with Crippen LogP contribution >= 0.6 is 12.2 Å². The minimum Gasteiger partial charge on any atom is -0.299 e. The smallest absolute Gasteiger partial charge is 0.199 e. The summed E-state index contributed by atoms with van der Waals surface area (Å²) in [5, 5.41) is 5.03. The van der Waals surface area contributed by atoms with Crippen molar-refractivity contribution in [3.05, 3.63) is 46.5 Å². The Hall–Kier alpha value is -1.46. The quantitative estimate of drug-likeness (QED) is 0.684. The SMILES string of the molecule is S=c1n(CN2CCC[C@@H]3CCCC[C@@H]32)nc(C2CC2)n1Cc1ccccc1. The number of piperidine rings is 1. The monoisotopic (exact) mass is 382 g/mol. The van der Waals surface area contributed by atoms with E-state index < -0.39 is 0 Å². The zero-order valence-electron chi connectivity index (χ0n) is 16.1. The van der Waals surface area contributed by atoms with Crippen molar-refractivity contribution in [3.8, 4) is 0 Å². The minimum absolute atomic E-state index is 0.612. The van der Waals surface area contributed by atoms with Crippen molar-refractivity contribution in [3.63, 3.8) is 0 Å². The molecule has 1 aromatic heterocycles. The van der Waals surface area contributed by atoms with Crippen molar-refractivity contribution < 1.29 is 0 Å². The highest BCUT2D eigenvalue weighted by Crippen LogP contribution is 2.40. The normalized spacial score (nSPS) is 26.1. The van der Waals surface area contributed by atoms with E-state index in [-0.39, 0.29) is 0 Å². The molecule has 2 aliphatic carbocycles. The maximum absolute atomic E-state index is 5.91. The third-order valence-corrected chi connectivity index (χ3v) is 7.18. The van der Waals surface area contributed by atoms with E-state index in [0.29, 0.717) is 5.92 Å². The second-order valence-electron chi connectivity index (χ2n) is 8.69. The predicted molar refractivity (Wildman–Crippen MR) is 110 cm³/mol. The number of hydrogen-bond donors (Lipinski definition) is 0. The summed E-state index contributed by atoms with van der Waals surface area (Å²) in [7, 11) is 0. The van der Waals surface area contributed by atoms with Gasteiger partial charge in [0.1, 0.15) is 5.82 Å². The molecule has 2 heterocycles. The molecule has 3 aliphatic rings. The van der Waals surface area contributed by atoms with Crippen molar-refractivity contribution in [1.82, 2.24) is 19.2 Å². The van der Waals surface area contributed by atoms with Crippen LogP contribution in [0.5, 0.6) is 0 Å². The molecule has 1 saturated heterocycles. The van der Waals surface area contributed by atoms with Gasteiger partial charge in [0.2, 0.25) is 0 Å². The van der Waals surface area contributed by atoms with Gasteiger partial charge in [-0.05, 0) is 62.2 Å². The van der Waals surface area contributed by atoms with Crippen molar-refractivity contribution in [2.45, 2.75) is 76.5 Å². The molecule has 4 nitrogen and oxygen atoms in total. The molecule has 0 spiro atoms. The molecule has 5 heteroatoms. The summed E-state index contributed by atoms with van der Waals surface area (Å²) < 4.78 is 5.33. The summed E-state index contributed by atoms with van der Waals surface area (Å²) >= 11 is 5.91. The summed E-state index contributed by atoms with van der Waals surface area (Å²) in [6.45, 7) is 2.92. The van der Waals surface area contributed by atoms with Crippen LogP contribution in [0.4, 0.5) is 0 Å². The lowest BCUT2D eigenvalue weighted by Gasteiger charge is -2.43. The molecule has 0 N–H and O–H groups in total. The number of benzene rings is 1. The van der Waals surface area contributed by atoms with E-state index in [2.05, 4.69) is 44.5 Å². The fraction of sp³-hybridized carbons (Fsp3) is 0.636. The molecule has 27 heavy (non-hydrogen) atoms. The molecular weight excluding hydrogens is 352 g/mol. The van der Waals surface area contributed by atoms with E-state index in [0.717, 1.165) is 29.9 Å². The highest BCUT2D eigenvalue weighted by atomic mass is 32.1. The van der Waals surface area contributed by atoms with E-state index in [1.165, 1.54) is 69.3 Å². The molecule has 0 unspecified atom stereocenters. The largest absolute Gasteiger partial charge is 0.299 e. The third kappa shape index (κ3) is 3.64. The average molecular weight is 383 g/mol. The first-order valence-corrected chi connectivity index (χ1v) is 11.2. The lowest BCUT2D eigenvalue weighted by atomic mass is 9.78. The Bertz CT molecular complexity index is 834. The van der Waals surface area contributed by atoms with E-state index in [9.17, 15) is 0 Å². The molecule has 1 aromatic carbocycles. The molecule has 2 aromatic rings. The van der Waals surface area contributed by atoms with Crippen LogP contribution in [-0.2, 0) is 13.2 Å². The van der Waals surface area contributed by atoms with Gasteiger partial charge in [0, 0.05) is 18.5 Å². The van der Waals surface area contributed by atoms with Gasteiger partial charge in [-0.1, -0.05) is 43.2 Å². The maximum atomic E-state index is 5.91. The van der Waals surface area contributed by atoms with Gasteiger partial charge in [0.05, 0.1) is 13.2 Å². The van der Waals surface area contributed by atoms with Gasteiger partial charge in [-0.2, -0.15) is 5.10 Å². The fourth-order valence-electron chi connectivity index (χ4n) is 5.18. The first-order valence-electron chi connectivity index (χ1n) is 10.7. The Balaban J connectivity index is 1.41. The van der Waals surface area contributed by atoms with Crippen LogP contribution < -0.4 is 0 Å². The average Bonchev–Trinajstić information content (AvgIpc) is 3.51. The van der Waals surface area contributed by atoms with Crippen LogP contribution in [0.15, 0.2) is 30.3 Å². The van der Waals surface area contributed by atoms with Crippen LogP contribution in [0.1, 0.15) is 68.7 Å². The first-order chi connectivity index (χ1) is 13.3.